The minimum absolute atomic E-state index is 0.0262. The van der Waals surface area contributed by atoms with E-state index < -0.39 is 0 Å². The standard InChI is InChI=1S/C25H30N4O2S/c1-3-22(24-26-21-13-9-8-12-20(21)25(31)29(24)4-2)27-14-16-28(17-15-27)23(30)18-32-19-10-6-5-7-11-19/h5-13,22H,3-4,14-18H2,1-2H3. The summed E-state index contributed by atoms with van der Waals surface area (Å²) < 4.78 is 1.81. The van der Waals surface area contributed by atoms with Gasteiger partial charge in [0.1, 0.15) is 5.82 Å². The molecule has 0 spiro atoms. The van der Waals surface area contributed by atoms with Crippen molar-refractivity contribution < 1.29 is 4.79 Å². The van der Waals surface area contributed by atoms with Gasteiger partial charge in [0.2, 0.25) is 5.91 Å². The lowest BCUT2D eigenvalue weighted by Crippen LogP contribution is -2.50. The van der Waals surface area contributed by atoms with E-state index in [1.165, 1.54) is 0 Å². The number of aromatic nitrogens is 2. The lowest BCUT2D eigenvalue weighted by Gasteiger charge is -2.39. The molecule has 1 aromatic heterocycles. The SMILES string of the molecule is CCC(c1nc2ccccc2c(=O)n1CC)N1CCN(C(=O)CSc2ccccc2)CC1. The van der Waals surface area contributed by atoms with Gasteiger partial charge in [-0.25, -0.2) is 4.98 Å². The number of fused-ring (bicyclic) bond motifs is 1. The van der Waals surface area contributed by atoms with Gasteiger partial charge in [0.15, 0.2) is 0 Å². The van der Waals surface area contributed by atoms with E-state index in [0.717, 1.165) is 35.7 Å². The second kappa shape index (κ2) is 10.3. The molecule has 1 aliphatic rings. The van der Waals surface area contributed by atoms with E-state index in [9.17, 15) is 9.59 Å². The second-order valence-electron chi connectivity index (χ2n) is 7.98. The van der Waals surface area contributed by atoms with Crippen LogP contribution in [0.4, 0.5) is 0 Å². The summed E-state index contributed by atoms with van der Waals surface area (Å²) in [6.07, 6.45) is 0.864. The number of carbonyl (C=O) groups is 1. The maximum Gasteiger partial charge on any atom is 0.261 e. The maximum atomic E-state index is 13.1. The smallest absolute Gasteiger partial charge is 0.261 e. The lowest BCUT2D eigenvalue weighted by atomic mass is 10.1. The van der Waals surface area contributed by atoms with Crippen molar-refractivity contribution in [3.05, 3.63) is 70.8 Å². The predicted molar refractivity (Wildman–Crippen MR) is 130 cm³/mol. The number of carbonyl (C=O) groups excluding carboxylic acids is 1. The van der Waals surface area contributed by atoms with Crippen LogP contribution in [0.1, 0.15) is 32.1 Å². The van der Waals surface area contributed by atoms with Crippen LogP contribution in [-0.4, -0.2) is 57.2 Å². The van der Waals surface area contributed by atoms with Crippen molar-refractivity contribution in [1.82, 2.24) is 19.4 Å². The molecule has 0 N–H and O–H groups in total. The highest BCUT2D eigenvalue weighted by Crippen LogP contribution is 2.25. The molecular formula is C25H30N4O2S. The first kappa shape index (κ1) is 22.6. The first-order valence-corrected chi connectivity index (χ1v) is 12.3. The van der Waals surface area contributed by atoms with Gasteiger partial charge in [0.25, 0.3) is 5.56 Å². The molecule has 32 heavy (non-hydrogen) atoms. The normalized spacial score (nSPS) is 15.8. The predicted octanol–water partition coefficient (Wildman–Crippen LogP) is 3.80. The molecule has 1 atom stereocenters. The van der Waals surface area contributed by atoms with Gasteiger partial charge in [0.05, 0.1) is 22.7 Å². The minimum Gasteiger partial charge on any atom is -0.339 e. The van der Waals surface area contributed by atoms with Crippen molar-refractivity contribution in [2.24, 2.45) is 0 Å². The fourth-order valence-electron chi connectivity index (χ4n) is 4.39. The molecule has 168 valence electrons. The minimum atomic E-state index is 0.0262. The van der Waals surface area contributed by atoms with E-state index in [1.54, 1.807) is 11.8 Å². The molecule has 1 aliphatic heterocycles. The Morgan fingerprint density at radius 2 is 1.69 bits per heavy atom. The van der Waals surface area contributed by atoms with Crippen LogP contribution < -0.4 is 5.56 Å². The van der Waals surface area contributed by atoms with Gasteiger partial charge < -0.3 is 4.90 Å². The highest BCUT2D eigenvalue weighted by molar-refractivity contribution is 8.00. The average molecular weight is 451 g/mol. The molecule has 3 aromatic rings. The highest BCUT2D eigenvalue weighted by atomic mass is 32.2. The molecule has 4 rings (SSSR count). The Labute approximate surface area is 193 Å². The first-order chi connectivity index (χ1) is 15.6. The van der Waals surface area contributed by atoms with Gasteiger partial charge >= 0.3 is 0 Å². The second-order valence-corrected chi connectivity index (χ2v) is 9.03. The molecule has 7 heteroatoms. The number of para-hydroxylation sites is 1. The number of piperazine rings is 1. The number of nitrogens with zero attached hydrogens (tertiary/aromatic N) is 4. The van der Waals surface area contributed by atoms with Gasteiger partial charge in [-0.15, -0.1) is 11.8 Å². The topological polar surface area (TPSA) is 58.4 Å². The fraction of sp³-hybridized carbons (Fsp3) is 0.400. The lowest BCUT2D eigenvalue weighted by molar-refractivity contribution is -0.130. The summed E-state index contributed by atoms with van der Waals surface area (Å²) in [5.74, 6) is 1.47. The van der Waals surface area contributed by atoms with Crippen LogP contribution >= 0.6 is 11.8 Å². The van der Waals surface area contributed by atoms with Crippen LogP contribution in [0.3, 0.4) is 0 Å². The number of hydrogen-bond donors (Lipinski definition) is 0. The molecule has 0 saturated carbocycles. The van der Waals surface area contributed by atoms with Gasteiger partial charge in [-0.05, 0) is 37.6 Å². The number of rotatable bonds is 7. The quantitative estimate of drug-likeness (QED) is 0.513. The molecule has 1 amide bonds. The third kappa shape index (κ3) is 4.74. The third-order valence-electron chi connectivity index (χ3n) is 6.11. The Morgan fingerprint density at radius 1 is 1.00 bits per heavy atom. The molecule has 2 aromatic carbocycles. The van der Waals surface area contributed by atoms with Crippen LogP contribution in [0.25, 0.3) is 10.9 Å². The van der Waals surface area contributed by atoms with E-state index in [2.05, 4.69) is 11.8 Å². The summed E-state index contributed by atoms with van der Waals surface area (Å²) >= 11 is 1.59. The van der Waals surface area contributed by atoms with Crippen molar-refractivity contribution in [2.45, 2.75) is 37.8 Å². The third-order valence-corrected chi connectivity index (χ3v) is 7.10. The largest absolute Gasteiger partial charge is 0.339 e. The zero-order chi connectivity index (χ0) is 22.5. The summed E-state index contributed by atoms with van der Waals surface area (Å²) in [4.78, 5) is 36.1. The highest BCUT2D eigenvalue weighted by Gasteiger charge is 2.29. The maximum absolute atomic E-state index is 13.1. The van der Waals surface area contributed by atoms with Gasteiger partial charge in [-0.3, -0.25) is 19.1 Å². The van der Waals surface area contributed by atoms with Crippen molar-refractivity contribution in [1.29, 1.82) is 0 Å². The van der Waals surface area contributed by atoms with Gasteiger partial charge in [-0.2, -0.15) is 0 Å². The van der Waals surface area contributed by atoms with Crippen LogP contribution in [0, 0.1) is 0 Å². The molecule has 1 fully saturated rings. The van der Waals surface area contributed by atoms with Crippen LogP contribution in [-0.2, 0) is 11.3 Å². The molecule has 0 aliphatic carbocycles. The zero-order valence-corrected chi connectivity index (χ0v) is 19.6. The fourth-order valence-corrected chi connectivity index (χ4v) is 5.21. The van der Waals surface area contributed by atoms with Crippen molar-refractivity contribution in [2.75, 3.05) is 31.9 Å². The Morgan fingerprint density at radius 3 is 2.38 bits per heavy atom. The Bertz CT molecular complexity index is 1120. The zero-order valence-electron chi connectivity index (χ0n) is 18.7. The Kier molecular flexibility index (Phi) is 7.27. The van der Waals surface area contributed by atoms with Gasteiger partial charge in [0, 0.05) is 37.6 Å². The van der Waals surface area contributed by atoms with Crippen LogP contribution in [0.2, 0.25) is 0 Å². The summed E-state index contributed by atoms with van der Waals surface area (Å²) in [5, 5.41) is 0.666. The molecular weight excluding hydrogens is 420 g/mol. The Hall–Kier alpha value is -2.64. The van der Waals surface area contributed by atoms with Gasteiger partial charge in [-0.1, -0.05) is 37.3 Å². The average Bonchev–Trinajstić information content (AvgIpc) is 2.84. The molecule has 6 nitrogen and oxygen atoms in total. The molecule has 0 bridgehead atoms. The monoisotopic (exact) mass is 450 g/mol. The van der Waals surface area contributed by atoms with E-state index in [0.29, 0.717) is 30.8 Å². The van der Waals surface area contributed by atoms with E-state index in [-0.39, 0.29) is 17.5 Å². The van der Waals surface area contributed by atoms with Crippen LogP contribution in [0.15, 0.2) is 64.3 Å². The summed E-state index contributed by atoms with van der Waals surface area (Å²) in [6.45, 7) is 7.70. The van der Waals surface area contributed by atoms with Crippen molar-refractivity contribution in [3.63, 3.8) is 0 Å². The number of benzene rings is 2. The first-order valence-electron chi connectivity index (χ1n) is 11.3. The molecule has 1 unspecified atom stereocenters. The summed E-state index contributed by atoms with van der Waals surface area (Å²) in [7, 11) is 0. The van der Waals surface area contributed by atoms with Crippen LogP contribution in [0.5, 0.6) is 0 Å². The number of hydrogen-bond acceptors (Lipinski definition) is 5. The molecule has 2 heterocycles. The summed E-state index contributed by atoms with van der Waals surface area (Å²) in [6, 6.07) is 17.7. The summed E-state index contributed by atoms with van der Waals surface area (Å²) in [5.41, 5.74) is 0.778. The van der Waals surface area contributed by atoms with E-state index >= 15 is 0 Å². The van der Waals surface area contributed by atoms with Crippen molar-refractivity contribution >= 4 is 28.6 Å². The number of amides is 1. The molecule has 0 radical (unpaired) electrons. The molecule has 1 saturated heterocycles. The van der Waals surface area contributed by atoms with Crippen molar-refractivity contribution in [3.8, 4) is 0 Å². The van der Waals surface area contributed by atoms with E-state index in [4.69, 9.17) is 4.98 Å². The van der Waals surface area contributed by atoms with E-state index in [1.807, 2.05) is 71.0 Å². The number of thioether (sulfide) groups is 1. The Balaban J connectivity index is 1.45.